The van der Waals surface area contributed by atoms with Crippen molar-refractivity contribution in [3.63, 3.8) is 0 Å². The molecule has 2 aromatic heterocycles. The van der Waals surface area contributed by atoms with Crippen LogP contribution in [0, 0.1) is 0 Å². The lowest BCUT2D eigenvalue weighted by molar-refractivity contribution is 0.316. The Morgan fingerprint density at radius 3 is 2.44 bits per heavy atom. The van der Waals surface area contributed by atoms with E-state index in [9.17, 15) is 0 Å². The Kier molecular flexibility index (Phi) is 7.06. The van der Waals surface area contributed by atoms with E-state index in [1.54, 1.807) is 11.8 Å². The van der Waals surface area contributed by atoms with E-state index in [2.05, 4.69) is 92.2 Å². The first-order valence-corrected chi connectivity index (χ1v) is 12.9. The van der Waals surface area contributed by atoms with Crippen molar-refractivity contribution >= 4 is 11.8 Å². The van der Waals surface area contributed by atoms with Crippen molar-refractivity contribution in [2.24, 2.45) is 0 Å². The third kappa shape index (κ3) is 5.39. The number of benzene rings is 2. The molecule has 5 rings (SSSR count). The van der Waals surface area contributed by atoms with Crippen LogP contribution < -0.4 is 0 Å². The van der Waals surface area contributed by atoms with Crippen molar-refractivity contribution in [3.8, 4) is 11.4 Å². The Balaban J connectivity index is 1.30. The zero-order valence-electron chi connectivity index (χ0n) is 19.7. The molecule has 7 nitrogen and oxygen atoms in total. The monoisotopic (exact) mass is 474 g/mol. The lowest BCUT2D eigenvalue weighted by Crippen LogP contribution is -2.21. The van der Waals surface area contributed by atoms with E-state index in [0.29, 0.717) is 23.4 Å². The fourth-order valence-corrected chi connectivity index (χ4v) is 4.98. The van der Waals surface area contributed by atoms with Crippen LogP contribution in [0.15, 0.2) is 64.3 Å². The van der Waals surface area contributed by atoms with E-state index in [0.717, 1.165) is 42.7 Å². The summed E-state index contributed by atoms with van der Waals surface area (Å²) in [5, 5.41) is 14.1. The van der Waals surface area contributed by atoms with Crippen molar-refractivity contribution in [2.45, 2.75) is 56.6 Å². The summed E-state index contributed by atoms with van der Waals surface area (Å²) < 4.78 is 7.77. The Morgan fingerprint density at radius 2 is 1.71 bits per heavy atom. The van der Waals surface area contributed by atoms with Gasteiger partial charge in [-0.25, -0.2) is 0 Å². The largest absolute Gasteiger partial charge is 0.338 e. The number of hydrogen-bond donors (Lipinski definition) is 0. The highest BCUT2D eigenvalue weighted by Crippen LogP contribution is 2.26. The Bertz CT molecular complexity index is 1200. The van der Waals surface area contributed by atoms with Gasteiger partial charge in [0.05, 0.1) is 18.8 Å². The number of rotatable bonds is 9. The highest BCUT2D eigenvalue weighted by atomic mass is 32.2. The van der Waals surface area contributed by atoms with Crippen LogP contribution in [0.5, 0.6) is 0 Å². The second-order valence-corrected chi connectivity index (χ2v) is 9.97. The quantitative estimate of drug-likeness (QED) is 0.301. The topological polar surface area (TPSA) is 72.9 Å². The zero-order chi connectivity index (χ0) is 23.3. The van der Waals surface area contributed by atoms with Crippen molar-refractivity contribution < 1.29 is 4.52 Å². The molecule has 0 saturated carbocycles. The number of likely N-dealkylation sites (tertiary alicyclic amines) is 1. The molecule has 176 valence electrons. The van der Waals surface area contributed by atoms with Crippen molar-refractivity contribution in [1.82, 2.24) is 29.8 Å². The number of nitrogens with zero attached hydrogens (tertiary/aromatic N) is 6. The minimum Gasteiger partial charge on any atom is -0.338 e. The van der Waals surface area contributed by atoms with Gasteiger partial charge in [0, 0.05) is 5.56 Å². The van der Waals surface area contributed by atoms with Crippen LogP contribution in [0.25, 0.3) is 11.4 Å². The van der Waals surface area contributed by atoms with Crippen LogP contribution in [-0.2, 0) is 18.8 Å². The maximum absolute atomic E-state index is 5.54. The van der Waals surface area contributed by atoms with Gasteiger partial charge in [-0.1, -0.05) is 85.4 Å². The number of hydrogen-bond acceptors (Lipinski definition) is 7. The van der Waals surface area contributed by atoms with Crippen molar-refractivity contribution in [2.75, 3.05) is 13.1 Å². The Hall–Kier alpha value is -2.97. The minimum atomic E-state index is 0.495. The fourth-order valence-electron chi connectivity index (χ4n) is 4.18. The summed E-state index contributed by atoms with van der Waals surface area (Å²) >= 11 is 1.59. The molecule has 0 atom stereocenters. The smallest absolute Gasteiger partial charge is 0.237 e. The van der Waals surface area contributed by atoms with Crippen LogP contribution in [0.1, 0.15) is 55.4 Å². The molecule has 0 N–H and O–H groups in total. The molecule has 0 unspecified atom stereocenters. The summed E-state index contributed by atoms with van der Waals surface area (Å²) in [6.07, 6.45) is 2.52. The molecule has 8 heteroatoms. The molecule has 2 aromatic carbocycles. The highest BCUT2D eigenvalue weighted by molar-refractivity contribution is 7.98. The van der Waals surface area contributed by atoms with E-state index in [1.165, 1.54) is 24.0 Å². The van der Waals surface area contributed by atoms with E-state index >= 15 is 0 Å². The molecule has 1 saturated heterocycles. The minimum absolute atomic E-state index is 0.495. The van der Waals surface area contributed by atoms with Gasteiger partial charge in [0.25, 0.3) is 0 Å². The van der Waals surface area contributed by atoms with E-state index in [1.807, 2.05) is 6.07 Å². The number of thioether (sulfide) groups is 1. The van der Waals surface area contributed by atoms with Gasteiger partial charge in [-0.15, -0.1) is 10.2 Å². The molecule has 0 aliphatic carbocycles. The fraction of sp³-hybridized carbons (Fsp3) is 0.385. The third-order valence-corrected chi connectivity index (χ3v) is 7.12. The van der Waals surface area contributed by atoms with Gasteiger partial charge in [-0.2, -0.15) is 4.98 Å². The SMILES string of the molecule is CC(C)c1ccc(-c2noc(CSc3nnc(CN4CCCC4)n3Cc3ccccc3)n2)cc1. The van der Waals surface area contributed by atoms with Gasteiger partial charge >= 0.3 is 0 Å². The average Bonchev–Trinajstić information content (AvgIpc) is 3.62. The van der Waals surface area contributed by atoms with Gasteiger partial charge in [0.2, 0.25) is 11.7 Å². The van der Waals surface area contributed by atoms with E-state index < -0.39 is 0 Å². The van der Waals surface area contributed by atoms with Crippen molar-refractivity contribution in [1.29, 1.82) is 0 Å². The molecule has 0 radical (unpaired) electrons. The maximum atomic E-state index is 5.54. The summed E-state index contributed by atoms with van der Waals surface area (Å²) in [4.78, 5) is 7.06. The third-order valence-electron chi connectivity index (χ3n) is 6.17. The molecule has 0 amide bonds. The van der Waals surface area contributed by atoms with Gasteiger partial charge in [0.15, 0.2) is 5.16 Å². The molecular formula is C26H30N6OS. The standard InChI is InChI=1S/C26H30N6OS/c1-19(2)21-10-12-22(13-11-21)25-27-24(33-30-25)18-34-26-29-28-23(17-31-14-6-7-15-31)32(26)16-20-8-4-3-5-9-20/h3-5,8-13,19H,6-7,14-18H2,1-2H3. The van der Waals surface area contributed by atoms with E-state index in [-0.39, 0.29) is 0 Å². The Morgan fingerprint density at radius 1 is 0.941 bits per heavy atom. The first-order chi connectivity index (χ1) is 16.7. The van der Waals surface area contributed by atoms with Crippen LogP contribution >= 0.6 is 11.8 Å². The van der Waals surface area contributed by atoms with Gasteiger partial charge in [-0.3, -0.25) is 4.90 Å². The second kappa shape index (κ2) is 10.5. The van der Waals surface area contributed by atoms with Crippen LogP contribution in [0.2, 0.25) is 0 Å². The molecule has 34 heavy (non-hydrogen) atoms. The highest BCUT2D eigenvalue weighted by Gasteiger charge is 2.19. The van der Waals surface area contributed by atoms with Gasteiger partial charge < -0.3 is 9.09 Å². The van der Waals surface area contributed by atoms with E-state index in [4.69, 9.17) is 4.52 Å². The predicted molar refractivity (Wildman–Crippen MR) is 133 cm³/mol. The lowest BCUT2D eigenvalue weighted by atomic mass is 10.0. The van der Waals surface area contributed by atoms with Crippen molar-refractivity contribution in [3.05, 3.63) is 77.4 Å². The summed E-state index contributed by atoms with van der Waals surface area (Å²) in [6, 6.07) is 18.8. The first-order valence-electron chi connectivity index (χ1n) is 11.9. The second-order valence-electron chi connectivity index (χ2n) is 9.03. The molecule has 1 aliphatic rings. The van der Waals surface area contributed by atoms with Crippen LogP contribution in [-0.4, -0.2) is 42.9 Å². The average molecular weight is 475 g/mol. The van der Waals surface area contributed by atoms with Crippen LogP contribution in [0.3, 0.4) is 0 Å². The first kappa shape index (κ1) is 22.8. The predicted octanol–water partition coefficient (Wildman–Crippen LogP) is 5.39. The Labute approximate surface area is 204 Å². The molecule has 0 spiro atoms. The summed E-state index contributed by atoms with van der Waals surface area (Å²) in [5.41, 5.74) is 3.49. The van der Waals surface area contributed by atoms with Crippen LogP contribution in [0.4, 0.5) is 0 Å². The normalized spacial score (nSPS) is 14.3. The zero-order valence-corrected chi connectivity index (χ0v) is 20.5. The lowest BCUT2D eigenvalue weighted by Gasteiger charge is -2.15. The van der Waals surface area contributed by atoms with Gasteiger partial charge in [-0.05, 0) is 43.0 Å². The molecule has 1 aliphatic heterocycles. The molecule has 3 heterocycles. The summed E-state index contributed by atoms with van der Waals surface area (Å²) in [6.45, 7) is 8.21. The number of aromatic nitrogens is 5. The molecule has 1 fully saturated rings. The maximum Gasteiger partial charge on any atom is 0.237 e. The molecule has 4 aromatic rings. The summed E-state index contributed by atoms with van der Waals surface area (Å²) in [5.74, 6) is 3.25. The molecule has 0 bridgehead atoms. The summed E-state index contributed by atoms with van der Waals surface area (Å²) in [7, 11) is 0. The van der Waals surface area contributed by atoms with Gasteiger partial charge in [0.1, 0.15) is 5.82 Å². The molecular weight excluding hydrogens is 444 g/mol.